The van der Waals surface area contributed by atoms with Crippen LogP contribution in [0.1, 0.15) is 138 Å². The monoisotopic (exact) mass is 1810 g/mol. The predicted octanol–water partition coefficient (Wildman–Crippen LogP) is 15.2. The van der Waals surface area contributed by atoms with Gasteiger partial charge in [-0.3, -0.25) is 39.3 Å². The Morgan fingerprint density at radius 2 is 0.716 bits per heavy atom. The maximum atomic E-state index is 12.7. The van der Waals surface area contributed by atoms with E-state index in [0.717, 1.165) is 138 Å². The molecular weight excluding hydrogens is 1710 g/mol. The van der Waals surface area contributed by atoms with E-state index in [-0.39, 0.29) is 29.5 Å². The summed E-state index contributed by atoms with van der Waals surface area (Å²) >= 11 is 1.32. The van der Waals surface area contributed by atoms with Crippen molar-refractivity contribution in [2.24, 2.45) is 0 Å². The molecule has 37 nitrogen and oxygen atoms in total. The molecule has 680 valence electrons. The molecule has 1 saturated carbocycles. The number of fused-ring (bicyclic) bond motifs is 15. The van der Waals surface area contributed by atoms with E-state index in [9.17, 15) is 24.0 Å². The number of aromatic amines is 8. The topological polar surface area (TPSA) is 547 Å². The smallest absolute Gasteiger partial charge is 0.283 e. The van der Waals surface area contributed by atoms with Crippen molar-refractivity contribution in [2.75, 3.05) is 54.8 Å². The van der Waals surface area contributed by atoms with Crippen LogP contribution in [0.4, 0.5) is 29.1 Å². The van der Waals surface area contributed by atoms with Gasteiger partial charge in [-0.05, 0) is 136 Å². The van der Waals surface area contributed by atoms with Crippen molar-refractivity contribution < 1.29 is 24.0 Å². The molecule has 0 aliphatic heterocycles. The number of benzene rings is 6. The summed E-state index contributed by atoms with van der Waals surface area (Å²) in [6.07, 6.45) is 12.3. The average Bonchev–Trinajstić information content (AvgIpc) is 1.62. The number of aromatic nitrogens is 22. The minimum atomic E-state index is -0.117. The van der Waals surface area contributed by atoms with Gasteiger partial charge in [-0.1, -0.05) is 86.5 Å². The molecule has 0 atom stereocenters. The molecular formula is C96H100N32O5S. The Balaban J connectivity index is 0.000000117. The van der Waals surface area contributed by atoms with Crippen molar-refractivity contribution >= 4 is 180 Å². The highest BCUT2D eigenvalue weighted by molar-refractivity contribution is 7.11. The molecule has 6 aromatic carbocycles. The van der Waals surface area contributed by atoms with E-state index in [1.807, 2.05) is 131 Å². The van der Waals surface area contributed by atoms with Crippen molar-refractivity contribution in [2.45, 2.75) is 126 Å². The van der Waals surface area contributed by atoms with Crippen LogP contribution in [0, 0.1) is 0 Å². The van der Waals surface area contributed by atoms with Gasteiger partial charge in [0.1, 0.15) is 113 Å². The fourth-order valence-electron chi connectivity index (χ4n) is 16.7. The highest BCUT2D eigenvalue weighted by Gasteiger charge is 2.26. The number of H-pyrrole nitrogens is 8. The summed E-state index contributed by atoms with van der Waals surface area (Å²) in [7, 11) is 0. The Morgan fingerprint density at radius 3 is 1.05 bits per heavy atom. The molecule has 14 aromatic heterocycles. The van der Waals surface area contributed by atoms with Gasteiger partial charge in [-0.25, -0.2) is 54.8 Å². The predicted molar refractivity (Wildman–Crippen MR) is 523 cm³/mol. The van der Waals surface area contributed by atoms with Gasteiger partial charge in [-0.15, -0.1) is 11.3 Å². The zero-order chi connectivity index (χ0) is 93.5. The maximum absolute atomic E-state index is 12.7. The van der Waals surface area contributed by atoms with Crippen LogP contribution in [0.15, 0.2) is 170 Å². The lowest BCUT2D eigenvalue weighted by Crippen LogP contribution is -2.30. The molecule has 20 aromatic rings. The first kappa shape index (κ1) is 89.3. The summed E-state index contributed by atoms with van der Waals surface area (Å²) in [5.41, 5.74) is 51.4. The quantitative estimate of drug-likeness (QED) is 0.0318. The first-order valence-corrected chi connectivity index (χ1v) is 45.0. The Hall–Kier alpha value is -16.7. The van der Waals surface area contributed by atoms with Crippen LogP contribution in [-0.2, 0) is 51.9 Å². The number of hydrogen-bond donors (Lipinski definition) is 14. The number of amides is 5. The number of rotatable bonds is 21. The lowest BCUT2D eigenvalue weighted by Gasteiger charge is -2.17. The molecule has 0 saturated heterocycles. The molecule has 1 aliphatic carbocycles. The number of nitrogens with two attached hydrogens (primary N) is 5. The number of imidazole rings is 5. The van der Waals surface area contributed by atoms with Crippen molar-refractivity contribution in [3.05, 3.63) is 209 Å². The van der Waals surface area contributed by atoms with Crippen LogP contribution in [0.2, 0.25) is 0 Å². The zero-order valence-corrected chi connectivity index (χ0v) is 75.8. The Labute approximate surface area is 769 Å². The third-order valence-electron chi connectivity index (χ3n) is 23.8. The number of pyridine rings is 5. The minimum Gasteiger partial charge on any atom is -0.382 e. The fraction of sp³-hybridized carbons (Fsp3) is 0.240. The highest BCUT2D eigenvalue weighted by atomic mass is 32.1. The first-order chi connectivity index (χ1) is 65.0. The fourth-order valence-corrected chi connectivity index (χ4v) is 17.3. The van der Waals surface area contributed by atoms with Crippen molar-refractivity contribution in [1.82, 2.24) is 135 Å². The molecule has 1 fully saturated rings. The molecule has 14 heterocycles. The van der Waals surface area contributed by atoms with Gasteiger partial charge in [-0.2, -0.15) is 15.3 Å². The van der Waals surface area contributed by atoms with E-state index in [1.165, 1.54) is 42.6 Å². The summed E-state index contributed by atoms with van der Waals surface area (Å²) < 4.78 is 0. The highest BCUT2D eigenvalue weighted by Crippen LogP contribution is 2.39. The number of hydrogen-bond acceptors (Lipinski definition) is 25. The second-order valence-corrected chi connectivity index (χ2v) is 33.3. The van der Waals surface area contributed by atoms with Crippen LogP contribution in [0.3, 0.4) is 0 Å². The van der Waals surface area contributed by atoms with E-state index in [1.54, 1.807) is 77.5 Å². The maximum Gasteiger partial charge on any atom is 0.283 e. The number of nitrogens with zero attached hydrogens (tertiary/aromatic N) is 18. The summed E-state index contributed by atoms with van der Waals surface area (Å²) in [6.45, 7) is 18.6. The number of thiazole rings is 1. The van der Waals surface area contributed by atoms with E-state index in [4.69, 9.17) is 43.6 Å². The lowest BCUT2D eigenvalue weighted by atomic mass is 9.96. The molecule has 38 heteroatoms. The molecule has 0 spiro atoms. The standard InChI is InChI=1S/C21H21N5O.C20H18N8OS.C20H25N5O.C18H19N7O.C17H17N7O/c1-3-26(13(2)27)12-18-24-19-16-10-9-15(14-7-5-4-6-8-14)11-17(16)23-21(22)20(19)25-18;1-2-28(20(29)19-22-7-8-30-19)10-15-25-16-12-4-3-11(13-5-6-23-27-13)9-14(12)24-18(21)17(16)26-15;1-3-25(12(2)26)11-17-23-18-15-9-8-14(13-6-4-5-7-13)10-16(15)22-20(21)19(18)24-17;1-3-25(10(2)26)9-15-22-16-12-5-4-11(13-6-7-20-24-13)8-14(12)21-18(19)17(16)23-15;1-2-14(25)19-8-13-22-15-10-4-3-9(11-5-6-20-24-11)7-12(10)21-17(18)16(15)23-13/h4-11H,3,12H2,1-2H3,(H2,22,23)(H,24,25);3-9H,2,10H2,1H3,(H2,21,24)(H,23,27)(H,25,26);8-10,13H,3-7,11H2,1-2H3,(H2,21,22)(H,23,24);4-8H,3,9H2,1-2H3,(H2,19,21)(H,20,24)(H,22,23);3-7H,2,8H2,1H3,(H2,18,21)(H,19,25)(H,20,24)(H,22,23). The number of anilines is 5. The number of nitrogen functional groups attached to an aromatic ring is 5. The van der Waals surface area contributed by atoms with E-state index < -0.39 is 0 Å². The van der Waals surface area contributed by atoms with Crippen LogP contribution >= 0.6 is 11.3 Å². The molecule has 1 aliphatic rings. The summed E-state index contributed by atoms with van der Waals surface area (Å²) in [5.74, 6) is 5.98. The van der Waals surface area contributed by atoms with Gasteiger partial charge in [0, 0.05) is 127 Å². The Kier molecular flexibility index (Phi) is 26.0. The second-order valence-electron chi connectivity index (χ2n) is 32.4. The van der Waals surface area contributed by atoms with Gasteiger partial charge in [0.15, 0.2) is 5.01 Å². The van der Waals surface area contributed by atoms with Crippen LogP contribution < -0.4 is 34.0 Å². The van der Waals surface area contributed by atoms with E-state index in [0.29, 0.717) is 151 Å². The molecule has 134 heavy (non-hydrogen) atoms. The van der Waals surface area contributed by atoms with Crippen LogP contribution in [0.25, 0.3) is 155 Å². The third kappa shape index (κ3) is 18.9. The van der Waals surface area contributed by atoms with Gasteiger partial charge in [0.25, 0.3) is 5.91 Å². The van der Waals surface area contributed by atoms with Crippen molar-refractivity contribution in [3.8, 4) is 44.9 Å². The minimum absolute atomic E-state index is 0.00751. The normalized spacial score (nSPS) is 12.0. The largest absolute Gasteiger partial charge is 0.382 e. The number of carbonyl (C=O) groups excluding carboxylic acids is 5. The van der Waals surface area contributed by atoms with Gasteiger partial charge < -0.3 is 78.5 Å². The first-order valence-electron chi connectivity index (χ1n) is 44.1. The third-order valence-corrected chi connectivity index (χ3v) is 24.6. The zero-order valence-electron chi connectivity index (χ0n) is 75.0. The van der Waals surface area contributed by atoms with Crippen LogP contribution in [-0.4, -0.2) is 186 Å². The average molecular weight is 1810 g/mol. The molecule has 0 unspecified atom stereocenters. The molecule has 0 bridgehead atoms. The van der Waals surface area contributed by atoms with Crippen molar-refractivity contribution in [3.63, 3.8) is 0 Å². The lowest BCUT2D eigenvalue weighted by molar-refractivity contribution is -0.130. The molecule has 0 radical (unpaired) electrons. The Morgan fingerprint density at radius 1 is 0.381 bits per heavy atom. The van der Waals surface area contributed by atoms with E-state index in [2.05, 4.69) is 137 Å². The number of nitrogens with one attached hydrogen (secondary N) is 9. The van der Waals surface area contributed by atoms with Crippen molar-refractivity contribution in [1.29, 1.82) is 0 Å². The Bertz CT molecular complexity index is 7710. The number of carbonyl (C=O) groups is 5. The second kappa shape index (κ2) is 38.9. The molecule has 5 amide bonds. The van der Waals surface area contributed by atoms with E-state index >= 15 is 0 Å². The summed E-state index contributed by atoms with van der Waals surface area (Å²) in [5, 5.41) is 30.5. The summed E-state index contributed by atoms with van der Waals surface area (Å²) in [4.78, 5) is 132. The van der Waals surface area contributed by atoms with Gasteiger partial charge >= 0.3 is 0 Å². The van der Waals surface area contributed by atoms with Gasteiger partial charge in [0.2, 0.25) is 23.6 Å². The summed E-state index contributed by atoms with van der Waals surface area (Å²) in [6, 6.07) is 46.2. The SMILES string of the molecule is CCC(=O)NCc1nc2c([nH]1)c(N)nc1cc(-c3ccn[nH]3)ccc12.CCN(Cc1nc2c([nH]1)c(N)nc1cc(-c3ccccc3)ccc12)C(C)=O.CCN(Cc1nc2c([nH]1)c(N)nc1cc(-c3ccn[nH]3)ccc12)C(=O)c1nccs1.CCN(Cc1nc2c([nH]1)c(N)nc1cc(-c3ccn[nH]3)ccc12)C(C)=O.CCN(Cc1nc2c([nH]1)c(N)nc1cc(C3CCCC3)ccc12)C(C)=O. The van der Waals surface area contributed by atoms with Gasteiger partial charge in [0.05, 0.1) is 77.4 Å². The van der Waals surface area contributed by atoms with Crippen LogP contribution in [0.5, 0.6) is 0 Å². The molecule has 21 rings (SSSR count). The molecule has 19 N–H and O–H groups in total.